The molecule has 0 aromatic rings. The van der Waals surface area contributed by atoms with E-state index in [1.165, 1.54) is 44.9 Å². The van der Waals surface area contributed by atoms with Crippen LogP contribution < -0.4 is 0 Å². The van der Waals surface area contributed by atoms with Crippen LogP contribution >= 0.6 is 0 Å². The van der Waals surface area contributed by atoms with Crippen LogP contribution in [-0.4, -0.2) is 23.9 Å². The maximum Gasteiger partial charge on any atom is 0.0936 e. The van der Waals surface area contributed by atoms with Gasteiger partial charge in [0.05, 0.1) is 11.7 Å². The van der Waals surface area contributed by atoms with Gasteiger partial charge in [-0.1, -0.05) is 44.9 Å². The molecule has 0 aliphatic heterocycles. The minimum absolute atomic E-state index is 0.207. The maximum absolute atomic E-state index is 10.5. The van der Waals surface area contributed by atoms with E-state index in [1.54, 1.807) is 7.11 Å². The van der Waals surface area contributed by atoms with Crippen molar-refractivity contribution in [1.29, 1.82) is 0 Å². The smallest absolute Gasteiger partial charge is 0.0936 e. The van der Waals surface area contributed by atoms with E-state index in [2.05, 4.69) is 0 Å². The van der Waals surface area contributed by atoms with E-state index < -0.39 is 0 Å². The summed E-state index contributed by atoms with van der Waals surface area (Å²) in [4.78, 5) is 0. The Balaban J connectivity index is 1.91. The minimum Gasteiger partial charge on any atom is -0.390 e. The van der Waals surface area contributed by atoms with Gasteiger partial charge < -0.3 is 9.84 Å². The lowest BCUT2D eigenvalue weighted by molar-refractivity contribution is -0.129. The summed E-state index contributed by atoms with van der Waals surface area (Å²) in [5.74, 6) is 0.754. The minimum atomic E-state index is -0.235. The van der Waals surface area contributed by atoms with Crippen molar-refractivity contribution >= 4 is 0 Å². The molecule has 0 aromatic carbocycles. The molecule has 0 spiro atoms. The van der Waals surface area contributed by atoms with Crippen LogP contribution in [0.3, 0.4) is 0 Å². The lowest BCUT2D eigenvalue weighted by Gasteiger charge is -2.40. The van der Waals surface area contributed by atoms with Crippen molar-refractivity contribution in [3.63, 3.8) is 0 Å². The van der Waals surface area contributed by atoms with E-state index in [0.29, 0.717) is 0 Å². The van der Waals surface area contributed by atoms with E-state index in [0.717, 1.165) is 25.2 Å². The summed E-state index contributed by atoms with van der Waals surface area (Å²) in [6.07, 6.45) is 11.9. The summed E-state index contributed by atoms with van der Waals surface area (Å²) in [5.41, 5.74) is -0.207. The summed E-state index contributed by atoms with van der Waals surface area (Å²) in [6, 6.07) is 0. The Kier molecular flexibility index (Phi) is 4.26. The number of rotatable bonds is 4. The molecular weight excluding hydrogens is 200 g/mol. The van der Waals surface area contributed by atoms with Gasteiger partial charge in [0.15, 0.2) is 0 Å². The average Bonchev–Trinajstić information content (AvgIpc) is 2.82. The number of aliphatic hydroxyl groups excluding tert-OH is 1. The van der Waals surface area contributed by atoms with Gasteiger partial charge in [0.2, 0.25) is 0 Å². The maximum atomic E-state index is 10.5. The Bertz CT molecular complexity index is 203. The molecule has 0 bridgehead atoms. The number of aliphatic hydroxyl groups is 1. The first-order valence-corrected chi connectivity index (χ1v) is 7.00. The second-order valence-electron chi connectivity index (χ2n) is 5.73. The molecule has 2 heteroatoms. The zero-order valence-electron chi connectivity index (χ0n) is 10.6. The molecule has 2 fully saturated rings. The first kappa shape index (κ1) is 12.4. The van der Waals surface area contributed by atoms with Crippen LogP contribution in [0.2, 0.25) is 0 Å². The standard InChI is InChI=1S/C14H26O2/c1-16-14(9-5-2-6-10-14)13(15)11-12-7-3-4-8-12/h12-13,15H,2-11H2,1H3. The SMILES string of the molecule is COC1(C(O)CC2CCCC2)CCCCC1. The second kappa shape index (κ2) is 5.50. The van der Waals surface area contributed by atoms with Crippen molar-refractivity contribution in [2.24, 2.45) is 5.92 Å². The first-order chi connectivity index (χ1) is 7.77. The van der Waals surface area contributed by atoms with Crippen LogP contribution in [0.25, 0.3) is 0 Å². The topological polar surface area (TPSA) is 29.5 Å². The van der Waals surface area contributed by atoms with E-state index in [4.69, 9.17) is 4.74 Å². The van der Waals surface area contributed by atoms with Crippen molar-refractivity contribution in [3.05, 3.63) is 0 Å². The summed E-state index contributed by atoms with van der Waals surface area (Å²) >= 11 is 0. The quantitative estimate of drug-likeness (QED) is 0.797. The van der Waals surface area contributed by atoms with E-state index in [9.17, 15) is 5.11 Å². The Morgan fingerprint density at radius 3 is 2.31 bits per heavy atom. The highest BCUT2D eigenvalue weighted by Crippen LogP contribution is 2.38. The third-order valence-electron chi connectivity index (χ3n) is 4.75. The van der Waals surface area contributed by atoms with Gasteiger partial charge in [0.1, 0.15) is 0 Å². The molecule has 0 heterocycles. The number of ether oxygens (including phenoxy) is 1. The monoisotopic (exact) mass is 226 g/mol. The zero-order valence-corrected chi connectivity index (χ0v) is 10.6. The number of methoxy groups -OCH3 is 1. The Hall–Kier alpha value is -0.0800. The zero-order chi connectivity index (χ0) is 11.4. The third kappa shape index (κ3) is 2.60. The summed E-state index contributed by atoms with van der Waals surface area (Å²) in [7, 11) is 1.78. The third-order valence-corrected chi connectivity index (χ3v) is 4.75. The van der Waals surface area contributed by atoms with Crippen LogP contribution in [0.5, 0.6) is 0 Å². The molecule has 1 atom stereocenters. The molecule has 0 saturated heterocycles. The average molecular weight is 226 g/mol. The normalized spacial score (nSPS) is 28.1. The van der Waals surface area contributed by atoms with Crippen LogP contribution in [0.1, 0.15) is 64.2 Å². The van der Waals surface area contributed by atoms with Gasteiger partial charge in [-0.2, -0.15) is 0 Å². The van der Waals surface area contributed by atoms with Gasteiger partial charge in [0.25, 0.3) is 0 Å². The highest BCUT2D eigenvalue weighted by Gasteiger charge is 2.40. The molecule has 2 nitrogen and oxygen atoms in total. The van der Waals surface area contributed by atoms with Crippen LogP contribution in [-0.2, 0) is 4.74 Å². The molecule has 2 saturated carbocycles. The molecule has 2 rings (SSSR count). The second-order valence-corrected chi connectivity index (χ2v) is 5.73. The van der Waals surface area contributed by atoms with Crippen molar-refractivity contribution in [3.8, 4) is 0 Å². The molecule has 2 aliphatic carbocycles. The fraction of sp³-hybridized carbons (Fsp3) is 1.00. The van der Waals surface area contributed by atoms with Gasteiger partial charge in [-0.3, -0.25) is 0 Å². The van der Waals surface area contributed by atoms with Crippen molar-refractivity contribution in [2.45, 2.75) is 75.9 Å². The Labute approximate surface area is 99.4 Å². The van der Waals surface area contributed by atoms with Gasteiger partial charge in [-0.05, 0) is 25.2 Å². The predicted octanol–water partition coefficient (Wildman–Crippen LogP) is 3.28. The molecule has 1 N–H and O–H groups in total. The predicted molar refractivity (Wildman–Crippen MR) is 65.4 cm³/mol. The molecule has 0 amide bonds. The lowest BCUT2D eigenvalue weighted by atomic mass is 9.77. The molecular formula is C14H26O2. The number of hydrogen-bond acceptors (Lipinski definition) is 2. The van der Waals surface area contributed by atoms with Gasteiger partial charge in [-0.15, -0.1) is 0 Å². The Morgan fingerprint density at radius 2 is 1.75 bits per heavy atom. The van der Waals surface area contributed by atoms with Gasteiger partial charge >= 0.3 is 0 Å². The van der Waals surface area contributed by atoms with Crippen LogP contribution in [0.4, 0.5) is 0 Å². The molecule has 0 aromatic heterocycles. The van der Waals surface area contributed by atoms with Crippen molar-refractivity contribution in [2.75, 3.05) is 7.11 Å². The lowest BCUT2D eigenvalue weighted by Crippen LogP contribution is -2.46. The largest absolute Gasteiger partial charge is 0.390 e. The Morgan fingerprint density at radius 1 is 1.12 bits per heavy atom. The van der Waals surface area contributed by atoms with Crippen molar-refractivity contribution in [1.82, 2.24) is 0 Å². The van der Waals surface area contributed by atoms with Crippen LogP contribution in [0.15, 0.2) is 0 Å². The molecule has 0 radical (unpaired) electrons. The van der Waals surface area contributed by atoms with Gasteiger partial charge in [-0.25, -0.2) is 0 Å². The van der Waals surface area contributed by atoms with Crippen molar-refractivity contribution < 1.29 is 9.84 Å². The molecule has 1 unspecified atom stereocenters. The fourth-order valence-corrected chi connectivity index (χ4v) is 3.60. The molecule has 94 valence electrons. The fourth-order valence-electron chi connectivity index (χ4n) is 3.60. The van der Waals surface area contributed by atoms with Crippen LogP contribution in [0, 0.1) is 5.92 Å². The van der Waals surface area contributed by atoms with E-state index in [-0.39, 0.29) is 11.7 Å². The highest BCUT2D eigenvalue weighted by molar-refractivity contribution is 4.92. The van der Waals surface area contributed by atoms with E-state index >= 15 is 0 Å². The summed E-state index contributed by atoms with van der Waals surface area (Å²) < 4.78 is 5.70. The summed E-state index contributed by atoms with van der Waals surface area (Å²) in [6.45, 7) is 0. The molecule has 16 heavy (non-hydrogen) atoms. The van der Waals surface area contributed by atoms with Gasteiger partial charge in [0, 0.05) is 7.11 Å². The highest BCUT2D eigenvalue weighted by atomic mass is 16.5. The first-order valence-electron chi connectivity index (χ1n) is 7.00. The number of hydrogen-bond donors (Lipinski definition) is 1. The summed E-state index contributed by atoms with van der Waals surface area (Å²) in [5, 5.41) is 10.5. The molecule has 2 aliphatic rings. The van der Waals surface area contributed by atoms with E-state index in [1.807, 2.05) is 0 Å².